The van der Waals surface area contributed by atoms with Gasteiger partial charge in [0.2, 0.25) is 5.82 Å². The minimum Gasteiger partial charge on any atom is -0.325 e. The average Bonchev–Trinajstić information content (AvgIpc) is 2.73. The van der Waals surface area contributed by atoms with Gasteiger partial charge < -0.3 is 5.73 Å². The van der Waals surface area contributed by atoms with Gasteiger partial charge in [0.1, 0.15) is 0 Å². The van der Waals surface area contributed by atoms with Crippen LogP contribution < -0.4 is 5.73 Å². The van der Waals surface area contributed by atoms with Crippen molar-refractivity contribution in [2.24, 2.45) is 11.7 Å². The number of hydrogen-bond acceptors (Lipinski definition) is 3. The maximum atomic E-state index is 14.0. The molecule has 5 heteroatoms. The van der Waals surface area contributed by atoms with E-state index in [1.54, 1.807) is 6.07 Å². The smallest absolute Gasteiger partial charge is 0.305 e. The number of hydrogen-bond donors (Lipinski definition) is 1. The molecule has 1 fully saturated rings. The molecule has 0 saturated heterocycles. The summed E-state index contributed by atoms with van der Waals surface area (Å²) in [5.74, 6) is -0.149. The summed E-state index contributed by atoms with van der Waals surface area (Å²) in [6, 6.07) is 4.30. The summed E-state index contributed by atoms with van der Waals surface area (Å²) in [4.78, 5) is 10.0. The van der Waals surface area contributed by atoms with Crippen LogP contribution in [0.4, 0.5) is 10.1 Å². The van der Waals surface area contributed by atoms with Crippen molar-refractivity contribution in [3.8, 4) is 0 Å². The maximum absolute atomic E-state index is 14.0. The number of benzene rings is 1. The average molecular weight is 266 g/mol. The quantitative estimate of drug-likeness (QED) is 0.672. The van der Waals surface area contributed by atoms with Gasteiger partial charge in [0, 0.05) is 11.6 Å². The Labute approximate surface area is 112 Å². The lowest BCUT2D eigenvalue weighted by Gasteiger charge is -2.24. The summed E-state index contributed by atoms with van der Waals surface area (Å²) < 4.78 is 14.0. The zero-order valence-electron chi connectivity index (χ0n) is 11.1. The molecule has 4 nitrogen and oxygen atoms in total. The maximum Gasteiger partial charge on any atom is 0.305 e. The third kappa shape index (κ3) is 2.92. The molecule has 1 saturated carbocycles. The van der Waals surface area contributed by atoms with Gasteiger partial charge in [-0.1, -0.05) is 25.5 Å². The fourth-order valence-electron chi connectivity index (χ4n) is 3.00. The zero-order chi connectivity index (χ0) is 14.0. The predicted octanol–water partition coefficient (Wildman–Crippen LogP) is 3.18. The molecule has 19 heavy (non-hydrogen) atoms. The van der Waals surface area contributed by atoms with E-state index in [9.17, 15) is 14.5 Å². The largest absolute Gasteiger partial charge is 0.325 e. The Bertz CT molecular complexity index is 492. The van der Waals surface area contributed by atoms with Gasteiger partial charge >= 0.3 is 5.69 Å². The van der Waals surface area contributed by atoms with Crippen LogP contribution in [0.1, 0.15) is 38.2 Å². The monoisotopic (exact) mass is 266 g/mol. The molecule has 0 radical (unpaired) electrons. The molecule has 104 valence electrons. The van der Waals surface area contributed by atoms with Gasteiger partial charge in [-0.15, -0.1) is 0 Å². The van der Waals surface area contributed by atoms with Crippen molar-refractivity contribution in [2.75, 3.05) is 0 Å². The molecule has 0 spiro atoms. The summed E-state index contributed by atoms with van der Waals surface area (Å²) in [6.07, 6.45) is 4.23. The highest BCUT2D eigenvalue weighted by Gasteiger charge is 2.36. The van der Waals surface area contributed by atoms with Gasteiger partial charge in [-0.3, -0.25) is 10.1 Å². The molecular formula is C14H19FN2O2. The first-order valence-electron chi connectivity index (χ1n) is 6.66. The predicted molar refractivity (Wildman–Crippen MR) is 71.3 cm³/mol. The molecule has 0 aromatic heterocycles. The highest BCUT2D eigenvalue weighted by atomic mass is 19.1. The highest BCUT2D eigenvalue weighted by molar-refractivity contribution is 5.37. The molecule has 0 aliphatic heterocycles. The Balaban J connectivity index is 2.20. The number of nitro groups is 1. The summed E-state index contributed by atoms with van der Waals surface area (Å²) in [5.41, 5.74) is 5.78. The number of nitro benzene ring substituents is 1. The van der Waals surface area contributed by atoms with Gasteiger partial charge in [0.05, 0.1) is 4.92 Å². The van der Waals surface area contributed by atoms with Crippen molar-refractivity contribution in [3.05, 3.63) is 39.7 Å². The van der Waals surface area contributed by atoms with E-state index in [1.165, 1.54) is 12.1 Å². The fourth-order valence-corrected chi connectivity index (χ4v) is 3.00. The molecule has 2 rings (SSSR count). The third-order valence-electron chi connectivity index (χ3n) is 4.12. The van der Waals surface area contributed by atoms with E-state index in [-0.39, 0.29) is 0 Å². The second kappa shape index (κ2) is 5.25. The molecule has 0 bridgehead atoms. The van der Waals surface area contributed by atoms with Crippen LogP contribution in [0, 0.1) is 21.8 Å². The molecule has 0 amide bonds. The van der Waals surface area contributed by atoms with Crippen molar-refractivity contribution in [1.82, 2.24) is 0 Å². The van der Waals surface area contributed by atoms with E-state index < -0.39 is 22.0 Å². The van der Waals surface area contributed by atoms with Gasteiger partial charge in [-0.05, 0) is 37.2 Å². The van der Waals surface area contributed by atoms with Crippen molar-refractivity contribution >= 4 is 5.69 Å². The van der Waals surface area contributed by atoms with Crippen molar-refractivity contribution < 1.29 is 9.31 Å². The number of halogens is 1. The van der Waals surface area contributed by atoms with Crippen molar-refractivity contribution in [1.29, 1.82) is 0 Å². The summed E-state index contributed by atoms with van der Waals surface area (Å²) >= 11 is 0. The molecular weight excluding hydrogens is 247 g/mol. The third-order valence-corrected chi connectivity index (χ3v) is 4.12. The Morgan fingerprint density at radius 3 is 2.89 bits per heavy atom. The lowest BCUT2D eigenvalue weighted by molar-refractivity contribution is -0.387. The Morgan fingerprint density at radius 1 is 1.58 bits per heavy atom. The molecule has 2 N–H and O–H groups in total. The second-order valence-corrected chi connectivity index (χ2v) is 5.56. The Morgan fingerprint density at radius 2 is 2.32 bits per heavy atom. The highest BCUT2D eigenvalue weighted by Crippen LogP contribution is 2.37. The van der Waals surface area contributed by atoms with Crippen LogP contribution in [0.5, 0.6) is 0 Å². The van der Waals surface area contributed by atoms with Crippen LogP contribution in [0.25, 0.3) is 0 Å². The molecule has 2 unspecified atom stereocenters. The van der Waals surface area contributed by atoms with E-state index in [4.69, 9.17) is 5.73 Å². The molecule has 2 atom stereocenters. The van der Waals surface area contributed by atoms with Crippen LogP contribution >= 0.6 is 0 Å². The van der Waals surface area contributed by atoms with Crippen LogP contribution in [0.15, 0.2) is 18.2 Å². The van der Waals surface area contributed by atoms with E-state index in [0.717, 1.165) is 25.7 Å². The number of rotatable bonds is 4. The number of nitrogens with two attached hydrogens (primary N) is 1. The van der Waals surface area contributed by atoms with Gasteiger partial charge in [0.25, 0.3) is 0 Å². The van der Waals surface area contributed by atoms with Crippen LogP contribution in [-0.2, 0) is 6.42 Å². The first-order chi connectivity index (χ1) is 8.95. The molecule has 1 aromatic carbocycles. The fraction of sp³-hybridized carbons (Fsp3) is 0.571. The van der Waals surface area contributed by atoms with Crippen LogP contribution in [0.2, 0.25) is 0 Å². The van der Waals surface area contributed by atoms with E-state index >= 15 is 0 Å². The van der Waals surface area contributed by atoms with E-state index in [1.807, 2.05) is 0 Å². The van der Waals surface area contributed by atoms with E-state index in [2.05, 4.69) is 6.92 Å². The molecule has 1 aliphatic carbocycles. The summed E-state index contributed by atoms with van der Waals surface area (Å²) in [7, 11) is 0. The normalized spacial score (nSPS) is 26.6. The molecule has 1 aliphatic rings. The van der Waals surface area contributed by atoms with Crippen LogP contribution in [0.3, 0.4) is 0 Å². The second-order valence-electron chi connectivity index (χ2n) is 5.56. The SMILES string of the molecule is CCC1CCC(N)(Cc2cccc([N+](=O)[O-])c2F)C1. The first kappa shape index (κ1) is 13.9. The summed E-state index contributed by atoms with van der Waals surface area (Å²) in [5, 5.41) is 10.7. The van der Waals surface area contributed by atoms with Gasteiger partial charge in [0.15, 0.2) is 0 Å². The molecule has 0 heterocycles. The topological polar surface area (TPSA) is 69.2 Å². The lowest BCUT2D eigenvalue weighted by Crippen LogP contribution is -2.39. The van der Waals surface area contributed by atoms with Gasteiger partial charge in [-0.25, -0.2) is 0 Å². The van der Waals surface area contributed by atoms with Gasteiger partial charge in [-0.2, -0.15) is 4.39 Å². The van der Waals surface area contributed by atoms with Crippen LogP contribution in [-0.4, -0.2) is 10.5 Å². The standard InChI is InChI=1S/C14H19FN2O2/c1-2-10-6-7-14(16,8-10)9-11-4-3-5-12(13(11)15)17(18)19/h3-5,10H,2,6-9,16H2,1H3. The van der Waals surface area contributed by atoms with Crippen molar-refractivity contribution in [3.63, 3.8) is 0 Å². The Kier molecular flexibility index (Phi) is 3.85. The zero-order valence-corrected chi connectivity index (χ0v) is 11.1. The first-order valence-corrected chi connectivity index (χ1v) is 6.66. The van der Waals surface area contributed by atoms with E-state index in [0.29, 0.717) is 17.9 Å². The lowest BCUT2D eigenvalue weighted by atomic mass is 9.88. The minimum absolute atomic E-state index is 0.355. The molecule has 1 aromatic rings. The Hall–Kier alpha value is -1.49. The minimum atomic E-state index is -0.739. The number of nitrogens with zero attached hydrogens (tertiary/aromatic N) is 1. The summed E-state index contributed by atoms with van der Waals surface area (Å²) in [6.45, 7) is 2.13. The van der Waals surface area contributed by atoms with Crippen molar-refractivity contribution in [2.45, 2.75) is 44.6 Å².